The fourth-order valence-electron chi connectivity index (χ4n) is 5.98. The van der Waals surface area contributed by atoms with Crippen LogP contribution < -0.4 is 10.6 Å². The molecule has 8 heteroatoms. The summed E-state index contributed by atoms with van der Waals surface area (Å²) in [7, 11) is 0. The molecule has 2 rings (SSSR count). The van der Waals surface area contributed by atoms with E-state index in [1.54, 1.807) is 0 Å². The van der Waals surface area contributed by atoms with Gasteiger partial charge in [0.25, 0.3) is 0 Å². The highest BCUT2D eigenvalue weighted by molar-refractivity contribution is 7.80. The molecule has 0 amide bonds. The Hall–Kier alpha value is -1.61. The number of aromatic nitrogens is 2. The van der Waals surface area contributed by atoms with Gasteiger partial charge in [-0.25, -0.2) is 4.98 Å². The third-order valence-electron chi connectivity index (χ3n) is 9.24. The van der Waals surface area contributed by atoms with Crippen molar-refractivity contribution in [3.8, 4) is 0 Å². The quantitative estimate of drug-likeness (QED) is 0.0376. The van der Waals surface area contributed by atoms with E-state index in [-0.39, 0.29) is 16.5 Å². The molecule has 0 spiro atoms. The van der Waals surface area contributed by atoms with E-state index in [2.05, 4.69) is 60.5 Å². The van der Waals surface area contributed by atoms with E-state index in [4.69, 9.17) is 17.3 Å². The minimum Gasteiger partial charge on any atom is -0.502 e. The first-order valence-electron chi connectivity index (χ1n) is 21.2. The van der Waals surface area contributed by atoms with Crippen LogP contribution >= 0.6 is 24.4 Å². The molecule has 0 saturated carbocycles. The highest BCUT2D eigenvalue weighted by Gasteiger charge is 2.21. The summed E-state index contributed by atoms with van der Waals surface area (Å²) >= 11 is 9.36. The Morgan fingerprint density at radius 3 is 1.25 bits per heavy atom. The van der Waals surface area contributed by atoms with E-state index in [0.29, 0.717) is 5.82 Å². The van der Waals surface area contributed by atoms with Crippen molar-refractivity contribution < 1.29 is 10.2 Å². The van der Waals surface area contributed by atoms with Crippen LogP contribution in [0.2, 0.25) is 0 Å². The van der Waals surface area contributed by atoms with E-state index in [0.717, 1.165) is 11.0 Å². The summed E-state index contributed by atoms with van der Waals surface area (Å²) in [6.07, 6.45) is 33.9. The van der Waals surface area contributed by atoms with Crippen LogP contribution in [0.5, 0.6) is 0 Å². The van der Waals surface area contributed by atoms with Crippen LogP contribution in [0.3, 0.4) is 0 Å². The van der Waals surface area contributed by atoms with Gasteiger partial charge in [0.15, 0.2) is 10.1 Å². The maximum Gasteiger partial charge on any atom is 0.167 e. The lowest BCUT2D eigenvalue weighted by Gasteiger charge is -2.09. The minimum atomic E-state index is -0.574. The molecule has 6 nitrogen and oxygen atoms in total. The lowest BCUT2D eigenvalue weighted by molar-refractivity contribution is 0.507. The monoisotopic (exact) mass is 749 g/mol. The molecule has 51 heavy (non-hydrogen) atoms. The Morgan fingerprint density at radius 1 is 0.569 bits per heavy atom. The average Bonchev–Trinajstić information content (AvgIpc) is 3.56. The molecule has 0 aliphatic carbocycles. The van der Waals surface area contributed by atoms with Gasteiger partial charge in [-0.3, -0.25) is 0 Å². The molecular weight excluding hydrogens is 669 g/mol. The van der Waals surface area contributed by atoms with Crippen molar-refractivity contribution in [3.05, 3.63) is 30.1 Å². The van der Waals surface area contributed by atoms with Gasteiger partial charge in [0.1, 0.15) is 5.82 Å². The number of thiocarbonyl (C=S) groups is 2. The van der Waals surface area contributed by atoms with Gasteiger partial charge in [0.2, 0.25) is 0 Å². The Balaban J connectivity index is 0.000000735. The number of imidazole rings is 1. The van der Waals surface area contributed by atoms with Crippen molar-refractivity contribution in [3.63, 3.8) is 0 Å². The summed E-state index contributed by atoms with van der Waals surface area (Å²) in [4.78, 5) is 7.37. The smallest absolute Gasteiger partial charge is 0.167 e. The molecule has 1 unspecified atom stereocenters. The zero-order valence-electron chi connectivity index (χ0n) is 33.6. The molecule has 0 aliphatic heterocycles. The summed E-state index contributed by atoms with van der Waals surface area (Å²) < 4.78 is 0. The molecule has 2 aromatic rings. The van der Waals surface area contributed by atoms with E-state index in [9.17, 15) is 5.11 Å². The van der Waals surface area contributed by atoms with Crippen LogP contribution in [0.15, 0.2) is 24.3 Å². The summed E-state index contributed by atoms with van der Waals surface area (Å²) in [6, 6.07) is 7.48. The van der Waals surface area contributed by atoms with Gasteiger partial charge in [-0.05, 0) is 88.4 Å². The van der Waals surface area contributed by atoms with Gasteiger partial charge < -0.3 is 25.8 Å². The number of fused-ring (bicyclic) bond motifs is 1. The van der Waals surface area contributed by atoms with Crippen LogP contribution in [-0.2, 0) is 0 Å². The third kappa shape index (κ3) is 31.6. The molecule has 1 aromatic heterocycles. The van der Waals surface area contributed by atoms with Gasteiger partial charge >= 0.3 is 0 Å². The van der Waals surface area contributed by atoms with Crippen molar-refractivity contribution >= 4 is 45.6 Å². The van der Waals surface area contributed by atoms with Crippen LogP contribution in [-0.4, -0.2) is 56.5 Å². The molecule has 0 aliphatic rings. The van der Waals surface area contributed by atoms with E-state index >= 15 is 0 Å². The van der Waals surface area contributed by atoms with Crippen molar-refractivity contribution in [2.24, 2.45) is 0 Å². The summed E-state index contributed by atoms with van der Waals surface area (Å²) in [5.41, 5.74) is 1.64. The fraction of sp³-hybridized carbons (Fsp3) is 0.791. The van der Waals surface area contributed by atoms with Gasteiger partial charge in [0.05, 0.1) is 17.0 Å². The second-order valence-corrected chi connectivity index (χ2v) is 15.1. The number of para-hydroxylation sites is 2. The van der Waals surface area contributed by atoms with Gasteiger partial charge in [-0.15, -0.1) is 0 Å². The van der Waals surface area contributed by atoms with Gasteiger partial charge in [0, 0.05) is 6.42 Å². The molecular formula is C43H80N4O2S2. The lowest BCUT2D eigenvalue weighted by Crippen LogP contribution is -2.16. The first-order chi connectivity index (χ1) is 24.9. The van der Waals surface area contributed by atoms with Crippen LogP contribution in [0.1, 0.15) is 200 Å². The fourth-order valence-corrected chi connectivity index (χ4v) is 6.35. The van der Waals surface area contributed by atoms with Crippen molar-refractivity contribution in [1.82, 2.24) is 20.6 Å². The number of nitrogens with one attached hydrogen (secondary N) is 3. The normalized spacial score (nSPS) is 11.5. The SMILES string of the molecule is CCCCCCCCNCCCCCCCC.CCCCCCCCNCCCCCCCC.OC(=S)CC(C(O)=S)c1nc2ccccc2[nH]1. The molecule has 296 valence electrons. The molecule has 0 fully saturated rings. The minimum absolute atomic E-state index is 0.0878. The van der Waals surface area contributed by atoms with Crippen LogP contribution in [0, 0.1) is 0 Å². The standard InChI is InChI=1S/2C16H35N.C11H10N2O2S2/c2*1-3-5-7-9-11-13-15-17-16-14-12-10-8-6-4-2;14-9(16)5-6(11(15)17)10-12-7-3-1-2-4-8(7)13-10/h2*17H,3-16H2,1-2H3;1-4,6H,5H2,(H,12,13)(H,14,16)(H,15,17). The highest BCUT2D eigenvalue weighted by Crippen LogP contribution is 2.22. The molecule has 1 heterocycles. The number of hydrogen-bond donors (Lipinski definition) is 5. The van der Waals surface area contributed by atoms with E-state index in [1.165, 1.54) is 180 Å². The number of nitrogens with zero attached hydrogens (tertiary/aromatic N) is 1. The Kier molecular flexibility index (Phi) is 36.9. The van der Waals surface area contributed by atoms with E-state index < -0.39 is 5.92 Å². The zero-order valence-corrected chi connectivity index (χ0v) is 35.2. The molecule has 0 bridgehead atoms. The topological polar surface area (TPSA) is 93.2 Å². The number of unbranched alkanes of at least 4 members (excludes halogenated alkanes) is 20. The summed E-state index contributed by atoms with van der Waals surface area (Å²) in [6.45, 7) is 14.1. The molecule has 0 saturated heterocycles. The van der Waals surface area contributed by atoms with Crippen LogP contribution in [0.25, 0.3) is 11.0 Å². The Morgan fingerprint density at radius 2 is 0.922 bits per heavy atom. The highest BCUT2D eigenvalue weighted by atomic mass is 32.1. The molecule has 0 radical (unpaired) electrons. The molecule has 1 aromatic carbocycles. The number of rotatable bonds is 32. The predicted molar refractivity (Wildman–Crippen MR) is 233 cm³/mol. The number of aliphatic hydroxyl groups excluding tert-OH is 2. The summed E-state index contributed by atoms with van der Waals surface area (Å²) in [5.74, 6) is -0.0648. The first-order valence-corrected chi connectivity index (χ1v) is 22.0. The van der Waals surface area contributed by atoms with Crippen LogP contribution in [0.4, 0.5) is 0 Å². The number of aliphatic hydroxyl groups is 2. The van der Waals surface area contributed by atoms with Crippen molar-refractivity contribution in [2.75, 3.05) is 26.2 Å². The Bertz CT molecular complexity index is 957. The number of H-pyrrole nitrogens is 1. The van der Waals surface area contributed by atoms with Gasteiger partial charge in [-0.2, -0.15) is 0 Å². The lowest BCUT2D eigenvalue weighted by atomic mass is 10.1. The molecule has 5 N–H and O–H groups in total. The van der Waals surface area contributed by atoms with Crippen molar-refractivity contribution in [2.45, 2.75) is 194 Å². The largest absolute Gasteiger partial charge is 0.502 e. The summed E-state index contributed by atoms with van der Waals surface area (Å²) in [5, 5.41) is 25.3. The Labute approximate surface area is 325 Å². The predicted octanol–water partition coefficient (Wildman–Crippen LogP) is 13.4. The maximum atomic E-state index is 9.44. The second kappa shape index (κ2) is 38.1. The number of aromatic amines is 1. The van der Waals surface area contributed by atoms with Gasteiger partial charge in [-0.1, -0.05) is 168 Å². The maximum absolute atomic E-state index is 9.44. The molecule has 1 atom stereocenters. The average molecular weight is 749 g/mol. The first kappa shape index (κ1) is 49.4. The van der Waals surface area contributed by atoms with E-state index in [1.807, 2.05) is 24.3 Å². The number of benzene rings is 1. The number of hydrogen-bond acceptors (Lipinski definition) is 5. The second-order valence-electron chi connectivity index (χ2n) is 14.2. The van der Waals surface area contributed by atoms with Crippen molar-refractivity contribution in [1.29, 1.82) is 0 Å². The zero-order chi connectivity index (χ0) is 37.6. The third-order valence-corrected chi connectivity index (χ3v) is 9.69.